The van der Waals surface area contributed by atoms with E-state index in [0.29, 0.717) is 5.92 Å². The van der Waals surface area contributed by atoms with Gasteiger partial charge >= 0.3 is 0 Å². The number of halogens is 1. The van der Waals surface area contributed by atoms with Crippen molar-refractivity contribution in [2.45, 2.75) is 31.8 Å². The van der Waals surface area contributed by atoms with Gasteiger partial charge in [0.15, 0.2) is 0 Å². The lowest BCUT2D eigenvalue weighted by Gasteiger charge is -2.32. The first kappa shape index (κ1) is 23.1. The van der Waals surface area contributed by atoms with Crippen LogP contribution in [0.5, 0.6) is 5.75 Å². The van der Waals surface area contributed by atoms with Gasteiger partial charge in [-0.3, -0.25) is 9.69 Å². The fraction of sp³-hybridized carbons (Fsp3) is 0.632. The van der Waals surface area contributed by atoms with Gasteiger partial charge in [0, 0.05) is 13.1 Å². The summed E-state index contributed by atoms with van der Waals surface area (Å²) in [7, 11) is 1.69. The number of nitrogens with one attached hydrogen (secondary N) is 1. The lowest BCUT2D eigenvalue weighted by molar-refractivity contribution is -0.122. The van der Waals surface area contributed by atoms with Crippen molar-refractivity contribution in [1.29, 1.82) is 0 Å². The molecule has 7 heteroatoms. The fourth-order valence-corrected chi connectivity index (χ4v) is 3.58. The molecule has 1 aliphatic rings. The van der Waals surface area contributed by atoms with E-state index in [0.717, 1.165) is 56.9 Å². The van der Waals surface area contributed by atoms with Gasteiger partial charge in [0.25, 0.3) is 0 Å². The minimum absolute atomic E-state index is 0. The molecule has 0 spiro atoms. The third kappa shape index (κ3) is 7.74. The van der Waals surface area contributed by atoms with Gasteiger partial charge in [-0.1, -0.05) is 12.1 Å². The number of carbonyl (C=O) groups is 1. The van der Waals surface area contributed by atoms with Crippen LogP contribution in [0.25, 0.3) is 0 Å². The van der Waals surface area contributed by atoms with E-state index in [1.165, 1.54) is 5.56 Å². The number of nitrogens with zero attached hydrogens (tertiary/aromatic N) is 1. The van der Waals surface area contributed by atoms with Crippen molar-refractivity contribution in [3.63, 3.8) is 0 Å². The molecule has 0 aromatic heterocycles. The minimum Gasteiger partial charge on any atom is -0.497 e. The summed E-state index contributed by atoms with van der Waals surface area (Å²) >= 11 is 1.72. The zero-order valence-electron chi connectivity index (χ0n) is 15.8. The molecular formula is C19H32ClN3O2S. The van der Waals surface area contributed by atoms with Gasteiger partial charge in [0.05, 0.1) is 13.2 Å². The Labute approximate surface area is 167 Å². The van der Waals surface area contributed by atoms with Crippen LogP contribution in [-0.4, -0.2) is 55.6 Å². The van der Waals surface area contributed by atoms with E-state index in [-0.39, 0.29) is 24.4 Å². The van der Waals surface area contributed by atoms with Crippen molar-refractivity contribution in [3.8, 4) is 5.75 Å². The van der Waals surface area contributed by atoms with Crippen LogP contribution in [0.15, 0.2) is 24.3 Å². The third-order valence-electron chi connectivity index (χ3n) is 4.81. The highest BCUT2D eigenvalue weighted by Crippen LogP contribution is 2.19. The molecule has 0 radical (unpaired) electrons. The SMILES string of the molecule is COc1ccc(CN2CCC(CNC(=O)[C@@H](N)CCSC)CC2)cc1.Cl. The molecule has 26 heavy (non-hydrogen) atoms. The van der Waals surface area contributed by atoms with Crippen LogP contribution in [0.1, 0.15) is 24.8 Å². The highest BCUT2D eigenvalue weighted by Gasteiger charge is 2.21. The molecule has 0 saturated carbocycles. The normalized spacial score (nSPS) is 16.6. The quantitative estimate of drug-likeness (QED) is 0.665. The molecular weight excluding hydrogens is 370 g/mol. The number of methoxy groups -OCH3 is 1. The van der Waals surface area contributed by atoms with Crippen molar-refractivity contribution in [2.24, 2.45) is 11.7 Å². The number of likely N-dealkylation sites (tertiary alicyclic amines) is 1. The number of rotatable bonds is 9. The zero-order valence-corrected chi connectivity index (χ0v) is 17.4. The monoisotopic (exact) mass is 401 g/mol. The van der Waals surface area contributed by atoms with Crippen LogP contribution < -0.4 is 15.8 Å². The van der Waals surface area contributed by atoms with Gasteiger partial charge in [-0.25, -0.2) is 0 Å². The van der Waals surface area contributed by atoms with E-state index in [2.05, 4.69) is 22.3 Å². The van der Waals surface area contributed by atoms with Crippen molar-refractivity contribution in [3.05, 3.63) is 29.8 Å². The van der Waals surface area contributed by atoms with Gasteiger partial charge in [-0.05, 0) is 68.0 Å². The van der Waals surface area contributed by atoms with Crippen LogP contribution in [0.2, 0.25) is 0 Å². The minimum atomic E-state index is -0.373. The molecule has 1 amide bonds. The number of nitrogens with two attached hydrogens (primary N) is 1. The summed E-state index contributed by atoms with van der Waals surface area (Å²) in [6, 6.07) is 7.90. The largest absolute Gasteiger partial charge is 0.497 e. The molecule has 1 atom stereocenters. The summed E-state index contributed by atoms with van der Waals surface area (Å²) in [5, 5.41) is 3.03. The third-order valence-corrected chi connectivity index (χ3v) is 5.45. The maximum absolute atomic E-state index is 12.0. The average molecular weight is 402 g/mol. The second kappa shape index (κ2) is 12.4. The molecule has 5 nitrogen and oxygen atoms in total. The average Bonchev–Trinajstić information content (AvgIpc) is 2.65. The Kier molecular flexibility index (Phi) is 11.0. The second-order valence-corrected chi connectivity index (χ2v) is 7.69. The lowest BCUT2D eigenvalue weighted by Crippen LogP contribution is -2.44. The van der Waals surface area contributed by atoms with E-state index in [1.54, 1.807) is 18.9 Å². The Bertz CT molecular complexity index is 522. The first-order valence-electron chi connectivity index (χ1n) is 9.00. The Morgan fingerprint density at radius 2 is 2.00 bits per heavy atom. The maximum Gasteiger partial charge on any atom is 0.236 e. The molecule has 1 heterocycles. The summed E-state index contributed by atoms with van der Waals surface area (Å²) in [6.45, 7) is 3.88. The number of hydrogen-bond acceptors (Lipinski definition) is 5. The Morgan fingerprint density at radius 3 is 2.58 bits per heavy atom. The number of amides is 1. The number of hydrogen-bond donors (Lipinski definition) is 2. The summed E-state index contributed by atoms with van der Waals surface area (Å²) in [5.41, 5.74) is 7.22. The van der Waals surface area contributed by atoms with Gasteiger partial charge in [-0.2, -0.15) is 11.8 Å². The Morgan fingerprint density at radius 1 is 1.35 bits per heavy atom. The summed E-state index contributed by atoms with van der Waals surface area (Å²) in [4.78, 5) is 14.5. The number of ether oxygens (including phenoxy) is 1. The van der Waals surface area contributed by atoms with Gasteiger partial charge < -0.3 is 15.8 Å². The molecule has 1 fully saturated rings. The van der Waals surface area contributed by atoms with Gasteiger partial charge in [-0.15, -0.1) is 12.4 Å². The molecule has 2 rings (SSSR count). The predicted octanol–water partition coefficient (Wildman–Crippen LogP) is 2.53. The fourth-order valence-electron chi connectivity index (χ4n) is 3.09. The van der Waals surface area contributed by atoms with Gasteiger partial charge in [0.1, 0.15) is 5.75 Å². The summed E-state index contributed by atoms with van der Waals surface area (Å²) in [6.07, 6.45) is 5.02. The standard InChI is InChI=1S/C19H31N3O2S.ClH/c1-24-17-5-3-16(4-6-17)14-22-10-7-15(8-11-22)13-21-19(23)18(20)9-12-25-2;/h3-6,15,18H,7-14,20H2,1-2H3,(H,21,23);1H/t18-;/m0./s1. The molecule has 3 N–H and O–H groups in total. The van der Waals surface area contributed by atoms with Crippen LogP contribution in [-0.2, 0) is 11.3 Å². The molecule has 1 aromatic carbocycles. The second-order valence-electron chi connectivity index (χ2n) is 6.70. The lowest BCUT2D eigenvalue weighted by atomic mass is 9.96. The van der Waals surface area contributed by atoms with E-state index in [1.807, 2.05) is 18.4 Å². The summed E-state index contributed by atoms with van der Waals surface area (Å²) < 4.78 is 5.20. The predicted molar refractivity (Wildman–Crippen MR) is 112 cm³/mol. The molecule has 1 saturated heterocycles. The van der Waals surface area contributed by atoms with Crippen LogP contribution in [0.4, 0.5) is 0 Å². The first-order chi connectivity index (χ1) is 12.1. The Balaban J connectivity index is 0.00000338. The molecule has 0 unspecified atom stereocenters. The van der Waals surface area contributed by atoms with Crippen LogP contribution in [0, 0.1) is 5.92 Å². The van der Waals surface area contributed by atoms with E-state index in [9.17, 15) is 4.79 Å². The summed E-state index contributed by atoms with van der Waals surface area (Å²) in [5.74, 6) is 2.38. The van der Waals surface area contributed by atoms with Crippen molar-refractivity contribution < 1.29 is 9.53 Å². The van der Waals surface area contributed by atoms with E-state index in [4.69, 9.17) is 10.5 Å². The molecule has 148 valence electrons. The number of piperidine rings is 1. The number of benzene rings is 1. The van der Waals surface area contributed by atoms with Crippen molar-refractivity contribution >= 4 is 30.1 Å². The highest BCUT2D eigenvalue weighted by atomic mass is 35.5. The molecule has 1 aromatic rings. The number of carbonyl (C=O) groups excluding carboxylic acids is 1. The first-order valence-corrected chi connectivity index (χ1v) is 10.4. The van der Waals surface area contributed by atoms with Crippen molar-refractivity contribution in [2.75, 3.05) is 38.8 Å². The topological polar surface area (TPSA) is 67.6 Å². The molecule has 1 aliphatic heterocycles. The zero-order chi connectivity index (χ0) is 18.1. The maximum atomic E-state index is 12.0. The van der Waals surface area contributed by atoms with Crippen LogP contribution >= 0.6 is 24.2 Å². The Hall–Kier alpha value is -0.950. The van der Waals surface area contributed by atoms with E-state index >= 15 is 0 Å². The van der Waals surface area contributed by atoms with E-state index < -0.39 is 0 Å². The van der Waals surface area contributed by atoms with Gasteiger partial charge in [0.2, 0.25) is 5.91 Å². The van der Waals surface area contributed by atoms with Crippen molar-refractivity contribution in [1.82, 2.24) is 10.2 Å². The smallest absolute Gasteiger partial charge is 0.236 e. The molecule has 0 aliphatic carbocycles. The van der Waals surface area contributed by atoms with Crippen LogP contribution in [0.3, 0.4) is 0 Å². The number of thioether (sulfide) groups is 1. The highest BCUT2D eigenvalue weighted by molar-refractivity contribution is 7.98. The molecule has 0 bridgehead atoms.